The monoisotopic (exact) mass is 496 g/mol. The van der Waals surface area contributed by atoms with Crippen LogP contribution in [0.3, 0.4) is 0 Å². The molecule has 0 aromatic heterocycles. The average Bonchev–Trinajstić information content (AvgIpc) is 3.13. The summed E-state index contributed by atoms with van der Waals surface area (Å²) in [5.74, 6) is 0.899. The van der Waals surface area contributed by atoms with Crippen molar-refractivity contribution in [2.24, 2.45) is 0 Å². The van der Waals surface area contributed by atoms with Crippen LogP contribution in [0.2, 0.25) is 0 Å². The van der Waals surface area contributed by atoms with E-state index in [9.17, 15) is 14.4 Å². The Balaban J connectivity index is 1.29. The smallest absolute Gasteiger partial charge is 0.293 e. The number of morpholine rings is 1. The highest BCUT2D eigenvalue weighted by Crippen LogP contribution is 2.32. The van der Waals surface area contributed by atoms with Gasteiger partial charge >= 0.3 is 0 Å². The molecule has 2 aromatic carbocycles. The Morgan fingerprint density at radius 2 is 1.80 bits per heavy atom. The number of imide groups is 1. The quantitative estimate of drug-likeness (QED) is 0.516. The van der Waals surface area contributed by atoms with E-state index in [1.54, 1.807) is 35.2 Å². The van der Waals surface area contributed by atoms with E-state index in [0.717, 1.165) is 34.2 Å². The predicted octanol–water partition coefficient (Wildman–Crippen LogP) is 3.66. The van der Waals surface area contributed by atoms with E-state index in [2.05, 4.69) is 0 Å². The van der Waals surface area contributed by atoms with E-state index in [0.29, 0.717) is 37.0 Å². The minimum atomic E-state index is -0.332. The molecule has 0 bridgehead atoms. The molecule has 2 heterocycles. The van der Waals surface area contributed by atoms with Gasteiger partial charge in [-0.15, -0.1) is 0 Å². The van der Waals surface area contributed by atoms with Crippen LogP contribution in [0.15, 0.2) is 47.4 Å². The standard InChI is InChI=1S/C26H28N2O6S/c1-18-3-4-19(2)22(15-18)33-14-11-28-25(30)23(35-26(28)31)16-20-5-7-21(8-6-20)34-17-24(29)27-9-12-32-13-10-27/h3-8,15-16H,9-14,17H2,1-2H3/b23-16-. The molecule has 0 saturated carbocycles. The molecule has 2 saturated heterocycles. The molecule has 2 aromatic rings. The van der Waals surface area contributed by atoms with Crippen molar-refractivity contribution in [2.45, 2.75) is 13.8 Å². The van der Waals surface area contributed by atoms with Crippen LogP contribution in [0.25, 0.3) is 6.08 Å². The van der Waals surface area contributed by atoms with Crippen molar-refractivity contribution in [1.82, 2.24) is 9.80 Å². The lowest BCUT2D eigenvalue weighted by Gasteiger charge is -2.26. The average molecular weight is 497 g/mol. The Morgan fingerprint density at radius 1 is 1.06 bits per heavy atom. The van der Waals surface area contributed by atoms with Crippen molar-refractivity contribution in [3.8, 4) is 11.5 Å². The zero-order valence-electron chi connectivity index (χ0n) is 19.8. The highest BCUT2D eigenvalue weighted by molar-refractivity contribution is 8.18. The number of hydrogen-bond donors (Lipinski definition) is 0. The van der Waals surface area contributed by atoms with Crippen molar-refractivity contribution < 1.29 is 28.6 Å². The minimum absolute atomic E-state index is 0.0393. The normalized spacial score (nSPS) is 17.3. The van der Waals surface area contributed by atoms with Gasteiger partial charge in [-0.2, -0.15) is 0 Å². The first-order chi connectivity index (χ1) is 16.9. The zero-order valence-corrected chi connectivity index (χ0v) is 20.6. The van der Waals surface area contributed by atoms with Crippen molar-refractivity contribution in [2.75, 3.05) is 46.1 Å². The van der Waals surface area contributed by atoms with Crippen LogP contribution in [-0.2, 0) is 14.3 Å². The van der Waals surface area contributed by atoms with E-state index in [-0.39, 0.29) is 36.8 Å². The molecule has 0 unspecified atom stereocenters. The van der Waals surface area contributed by atoms with Crippen molar-refractivity contribution in [1.29, 1.82) is 0 Å². The minimum Gasteiger partial charge on any atom is -0.491 e. The summed E-state index contributed by atoms with van der Waals surface area (Å²) in [6.45, 7) is 6.55. The molecule has 8 nitrogen and oxygen atoms in total. The van der Waals surface area contributed by atoms with E-state index in [1.807, 2.05) is 32.0 Å². The molecule has 0 radical (unpaired) electrons. The van der Waals surface area contributed by atoms with Gasteiger partial charge < -0.3 is 19.1 Å². The van der Waals surface area contributed by atoms with Gasteiger partial charge in [0.05, 0.1) is 24.7 Å². The van der Waals surface area contributed by atoms with E-state index in [1.165, 1.54) is 4.90 Å². The first-order valence-corrected chi connectivity index (χ1v) is 12.3. The summed E-state index contributed by atoms with van der Waals surface area (Å²) < 4.78 is 16.6. The first kappa shape index (κ1) is 24.8. The molecule has 0 N–H and O–H groups in total. The fourth-order valence-corrected chi connectivity index (χ4v) is 4.53. The molecule has 184 valence electrons. The predicted molar refractivity (Wildman–Crippen MR) is 133 cm³/mol. The van der Waals surface area contributed by atoms with Crippen LogP contribution < -0.4 is 9.47 Å². The third kappa shape index (κ3) is 6.43. The maximum atomic E-state index is 12.8. The molecule has 0 spiro atoms. The Labute approximate surface area is 208 Å². The van der Waals surface area contributed by atoms with E-state index < -0.39 is 0 Å². The molecule has 2 fully saturated rings. The Morgan fingerprint density at radius 3 is 2.54 bits per heavy atom. The van der Waals surface area contributed by atoms with Crippen LogP contribution in [0, 0.1) is 13.8 Å². The van der Waals surface area contributed by atoms with Crippen molar-refractivity contribution in [3.63, 3.8) is 0 Å². The van der Waals surface area contributed by atoms with Gasteiger partial charge in [-0.1, -0.05) is 24.3 Å². The number of aryl methyl sites for hydroxylation is 2. The van der Waals surface area contributed by atoms with Crippen LogP contribution in [0.4, 0.5) is 4.79 Å². The number of carbonyl (C=O) groups is 3. The summed E-state index contributed by atoms with van der Waals surface area (Å²) in [7, 11) is 0. The summed E-state index contributed by atoms with van der Waals surface area (Å²) >= 11 is 0.914. The van der Waals surface area contributed by atoms with Crippen molar-refractivity contribution in [3.05, 3.63) is 64.1 Å². The number of carbonyl (C=O) groups excluding carboxylic acids is 3. The summed E-state index contributed by atoms with van der Waals surface area (Å²) in [6, 6.07) is 13.0. The molecule has 2 aliphatic heterocycles. The highest BCUT2D eigenvalue weighted by Gasteiger charge is 2.34. The van der Waals surface area contributed by atoms with Gasteiger partial charge in [-0.3, -0.25) is 19.3 Å². The Kier molecular flexibility index (Phi) is 8.09. The SMILES string of the molecule is Cc1ccc(C)c(OCCN2C(=O)S/C(=C\c3ccc(OCC(=O)N4CCOCC4)cc3)C2=O)c1. The van der Waals surface area contributed by atoms with Gasteiger partial charge in [0, 0.05) is 13.1 Å². The second kappa shape index (κ2) is 11.4. The molecular weight excluding hydrogens is 468 g/mol. The van der Waals surface area contributed by atoms with Gasteiger partial charge in [0.2, 0.25) is 0 Å². The molecule has 2 aliphatic rings. The number of nitrogens with zero attached hydrogens (tertiary/aromatic N) is 2. The van der Waals surface area contributed by atoms with Gasteiger partial charge in [-0.05, 0) is 66.6 Å². The number of benzene rings is 2. The van der Waals surface area contributed by atoms with Crippen LogP contribution in [0.1, 0.15) is 16.7 Å². The van der Waals surface area contributed by atoms with Crippen LogP contribution in [-0.4, -0.2) is 72.9 Å². The number of hydrogen-bond acceptors (Lipinski definition) is 7. The fraction of sp³-hybridized carbons (Fsp3) is 0.346. The molecule has 0 aliphatic carbocycles. The number of ether oxygens (including phenoxy) is 3. The van der Waals surface area contributed by atoms with Gasteiger partial charge in [0.15, 0.2) is 6.61 Å². The summed E-state index contributed by atoms with van der Waals surface area (Å²) in [6.07, 6.45) is 1.68. The largest absolute Gasteiger partial charge is 0.491 e. The van der Waals surface area contributed by atoms with Gasteiger partial charge in [0.25, 0.3) is 17.1 Å². The topological polar surface area (TPSA) is 85.4 Å². The van der Waals surface area contributed by atoms with E-state index in [4.69, 9.17) is 14.2 Å². The number of rotatable bonds is 8. The summed E-state index contributed by atoms with van der Waals surface area (Å²) in [4.78, 5) is 40.6. The summed E-state index contributed by atoms with van der Waals surface area (Å²) in [5.41, 5.74) is 2.84. The molecule has 3 amide bonds. The van der Waals surface area contributed by atoms with Crippen molar-refractivity contribution >= 4 is 34.9 Å². The third-order valence-corrected chi connectivity index (χ3v) is 6.60. The third-order valence-electron chi connectivity index (χ3n) is 5.69. The summed E-state index contributed by atoms with van der Waals surface area (Å²) in [5, 5.41) is -0.313. The Bertz CT molecular complexity index is 1130. The Hall–Kier alpha value is -3.30. The molecule has 0 atom stereocenters. The lowest BCUT2D eigenvalue weighted by molar-refractivity contribution is -0.137. The second-order valence-corrected chi connectivity index (χ2v) is 9.29. The van der Waals surface area contributed by atoms with Gasteiger partial charge in [0.1, 0.15) is 18.1 Å². The van der Waals surface area contributed by atoms with E-state index >= 15 is 0 Å². The van der Waals surface area contributed by atoms with Gasteiger partial charge in [-0.25, -0.2) is 0 Å². The van der Waals surface area contributed by atoms with Crippen LogP contribution in [0.5, 0.6) is 11.5 Å². The molecule has 35 heavy (non-hydrogen) atoms. The second-order valence-electron chi connectivity index (χ2n) is 8.30. The molecule has 9 heteroatoms. The molecule has 4 rings (SSSR count). The van der Waals surface area contributed by atoms with Crippen LogP contribution >= 0.6 is 11.8 Å². The molecular formula is C26H28N2O6S. The maximum Gasteiger partial charge on any atom is 0.293 e. The highest BCUT2D eigenvalue weighted by atomic mass is 32.2. The first-order valence-electron chi connectivity index (χ1n) is 11.4. The fourth-order valence-electron chi connectivity index (χ4n) is 3.66. The number of amides is 3. The lowest BCUT2D eigenvalue weighted by atomic mass is 10.1. The zero-order chi connectivity index (χ0) is 24.8. The maximum absolute atomic E-state index is 12.8. The number of thioether (sulfide) groups is 1. The lowest BCUT2D eigenvalue weighted by Crippen LogP contribution is -2.42.